The van der Waals surface area contributed by atoms with Crippen molar-refractivity contribution in [3.05, 3.63) is 52.6 Å². The molecule has 27 heavy (non-hydrogen) atoms. The number of benzene rings is 1. The van der Waals surface area contributed by atoms with Gasteiger partial charge in [-0.25, -0.2) is 9.97 Å². The van der Waals surface area contributed by atoms with Gasteiger partial charge in [0.05, 0.1) is 35.2 Å². The third-order valence-corrected chi connectivity index (χ3v) is 6.69. The fourth-order valence-corrected chi connectivity index (χ4v) is 5.25. The Morgan fingerprint density at radius 3 is 2.96 bits per heavy atom. The van der Waals surface area contributed by atoms with Crippen molar-refractivity contribution in [2.45, 2.75) is 56.2 Å². The molecule has 1 aromatic carbocycles. The van der Waals surface area contributed by atoms with E-state index in [-0.39, 0.29) is 6.10 Å². The first-order valence-electron chi connectivity index (χ1n) is 9.62. The summed E-state index contributed by atoms with van der Waals surface area (Å²) >= 11 is 3.54. The number of ether oxygens (including phenoxy) is 1. The third-order valence-electron chi connectivity index (χ3n) is 4.71. The van der Waals surface area contributed by atoms with Crippen LogP contribution < -0.4 is 0 Å². The minimum atomic E-state index is 0.288. The van der Waals surface area contributed by atoms with Gasteiger partial charge in [0.25, 0.3) is 0 Å². The number of imidazole rings is 1. The van der Waals surface area contributed by atoms with Crippen LogP contribution in [0.4, 0.5) is 0 Å². The summed E-state index contributed by atoms with van der Waals surface area (Å²) in [5.41, 5.74) is 3.52. The van der Waals surface area contributed by atoms with E-state index < -0.39 is 0 Å². The summed E-state index contributed by atoms with van der Waals surface area (Å²) in [6, 6.07) is 10.5. The highest BCUT2D eigenvalue weighted by Crippen LogP contribution is 2.30. The Morgan fingerprint density at radius 1 is 1.30 bits per heavy atom. The molecule has 1 unspecified atom stereocenters. The molecule has 0 radical (unpaired) electrons. The van der Waals surface area contributed by atoms with Crippen molar-refractivity contribution in [2.75, 3.05) is 6.61 Å². The van der Waals surface area contributed by atoms with Gasteiger partial charge in [-0.05, 0) is 31.2 Å². The van der Waals surface area contributed by atoms with Crippen LogP contribution in [0.25, 0.3) is 11.3 Å². The van der Waals surface area contributed by atoms with Gasteiger partial charge in [0, 0.05) is 17.7 Å². The number of rotatable bonds is 8. The fraction of sp³-hybridized carbons (Fsp3) is 0.429. The summed E-state index contributed by atoms with van der Waals surface area (Å²) in [6.07, 6.45) is 6.78. The van der Waals surface area contributed by atoms with E-state index in [1.54, 1.807) is 23.1 Å². The van der Waals surface area contributed by atoms with E-state index in [9.17, 15) is 0 Å². The Kier molecular flexibility index (Phi) is 6.27. The highest BCUT2D eigenvalue weighted by Gasteiger charge is 2.20. The van der Waals surface area contributed by atoms with Gasteiger partial charge in [-0.1, -0.05) is 49.0 Å². The van der Waals surface area contributed by atoms with Crippen LogP contribution in [0, 0.1) is 0 Å². The molecule has 0 bridgehead atoms. The topological polar surface area (TPSA) is 39.9 Å². The molecule has 1 fully saturated rings. The first-order valence-corrected chi connectivity index (χ1v) is 11.5. The van der Waals surface area contributed by atoms with Gasteiger partial charge < -0.3 is 9.30 Å². The largest absolute Gasteiger partial charge is 0.376 e. The van der Waals surface area contributed by atoms with Crippen LogP contribution >= 0.6 is 23.1 Å². The quantitative estimate of drug-likeness (QED) is 0.474. The van der Waals surface area contributed by atoms with Crippen molar-refractivity contribution in [1.29, 1.82) is 0 Å². The molecule has 3 heterocycles. The lowest BCUT2D eigenvalue weighted by Gasteiger charge is -2.16. The molecule has 1 aliphatic heterocycles. The van der Waals surface area contributed by atoms with Crippen molar-refractivity contribution in [3.63, 3.8) is 0 Å². The summed E-state index contributed by atoms with van der Waals surface area (Å²) in [4.78, 5) is 9.49. The van der Waals surface area contributed by atoms with Crippen LogP contribution in [0.2, 0.25) is 0 Å². The Balaban J connectivity index is 1.54. The molecule has 0 aliphatic carbocycles. The summed E-state index contributed by atoms with van der Waals surface area (Å²) in [5, 5.41) is 4.47. The predicted molar refractivity (Wildman–Crippen MR) is 112 cm³/mol. The van der Waals surface area contributed by atoms with Crippen molar-refractivity contribution >= 4 is 23.1 Å². The fourth-order valence-electron chi connectivity index (χ4n) is 3.36. The van der Waals surface area contributed by atoms with Crippen LogP contribution in [-0.4, -0.2) is 27.2 Å². The third kappa shape index (κ3) is 4.62. The highest BCUT2D eigenvalue weighted by atomic mass is 32.2. The summed E-state index contributed by atoms with van der Waals surface area (Å²) in [5.74, 6) is 0.858. The summed E-state index contributed by atoms with van der Waals surface area (Å²) < 4.78 is 8.23. The lowest BCUT2D eigenvalue weighted by Crippen LogP contribution is -2.16. The summed E-state index contributed by atoms with van der Waals surface area (Å²) in [6.45, 7) is 3.94. The van der Waals surface area contributed by atoms with Crippen molar-refractivity contribution < 1.29 is 4.74 Å². The first-order chi connectivity index (χ1) is 13.3. The average Bonchev–Trinajstić information content (AvgIpc) is 3.43. The molecule has 0 saturated carbocycles. The molecule has 4 rings (SSSR count). The van der Waals surface area contributed by atoms with Crippen LogP contribution in [0.3, 0.4) is 0 Å². The normalized spacial score (nSPS) is 16.9. The molecule has 3 aromatic rings. The van der Waals surface area contributed by atoms with Crippen molar-refractivity contribution in [1.82, 2.24) is 14.5 Å². The maximum Gasteiger partial charge on any atom is 0.168 e. The molecular formula is C21H25N3OS2. The zero-order chi connectivity index (χ0) is 18.5. The lowest BCUT2D eigenvalue weighted by atomic mass is 10.1. The number of hydrogen-bond acceptors (Lipinski definition) is 5. The van der Waals surface area contributed by atoms with E-state index in [0.29, 0.717) is 0 Å². The van der Waals surface area contributed by atoms with Crippen LogP contribution in [0.1, 0.15) is 36.9 Å². The van der Waals surface area contributed by atoms with Crippen molar-refractivity contribution in [3.8, 4) is 11.3 Å². The maximum absolute atomic E-state index is 5.90. The average molecular weight is 400 g/mol. The van der Waals surface area contributed by atoms with Gasteiger partial charge in [0.15, 0.2) is 5.16 Å². The molecule has 0 spiro atoms. The molecule has 6 heteroatoms. The molecule has 4 nitrogen and oxygen atoms in total. The molecule has 2 aromatic heterocycles. The van der Waals surface area contributed by atoms with Gasteiger partial charge in [-0.15, -0.1) is 11.3 Å². The molecule has 1 aliphatic rings. The van der Waals surface area contributed by atoms with Crippen LogP contribution in [-0.2, 0) is 23.5 Å². The molecule has 0 N–H and O–H groups in total. The van der Waals surface area contributed by atoms with Gasteiger partial charge in [-0.2, -0.15) is 0 Å². The predicted octanol–water partition coefficient (Wildman–Crippen LogP) is 5.43. The molecule has 142 valence electrons. The number of thioether (sulfide) groups is 1. The molecular weight excluding hydrogens is 374 g/mol. The van der Waals surface area contributed by atoms with Gasteiger partial charge >= 0.3 is 0 Å². The Hall–Kier alpha value is -1.63. The minimum absolute atomic E-state index is 0.288. The van der Waals surface area contributed by atoms with E-state index in [1.807, 2.05) is 6.20 Å². The molecule has 1 atom stereocenters. The van der Waals surface area contributed by atoms with Gasteiger partial charge in [-0.3, -0.25) is 0 Å². The lowest BCUT2D eigenvalue weighted by molar-refractivity contribution is 0.0954. The Bertz CT molecular complexity index is 853. The number of aromatic nitrogens is 3. The van der Waals surface area contributed by atoms with E-state index in [2.05, 4.69) is 47.2 Å². The monoisotopic (exact) mass is 399 g/mol. The maximum atomic E-state index is 5.90. The zero-order valence-electron chi connectivity index (χ0n) is 15.6. The van der Waals surface area contributed by atoms with E-state index in [1.165, 1.54) is 16.3 Å². The highest BCUT2D eigenvalue weighted by molar-refractivity contribution is 7.98. The number of hydrogen-bond donors (Lipinski definition) is 0. The summed E-state index contributed by atoms with van der Waals surface area (Å²) in [7, 11) is 0. The van der Waals surface area contributed by atoms with Crippen LogP contribution in [0.15, 0.2) is 47.1 Å². The van der Waals surface area contributed by atoms with Crippen LogP contribution in [0.5, 0.6) is 0 Å². The minimum Gasteiger partial charge on any atom is -0.376 e. The van der Waals surface area contributed by atoms with E-state index in [0.717, 1.165) is 55.4 Å². The number of aryl methyl sites for hydroxylation is 1. The number of nitrogens with zero attached hydrogens (tertiary/aromatic N) is 3. The van der Waals surface area contributed by atoms with E-state index >= 15 is 0 Å². The molecule has 0 amide bonds. The van der Waals surface area contributed by atoms with Gasteiger partial charge in [0.1, 0.15) is 0 Å². The Morgan fingerprint density at radius 2 is 2.19 bits per heavy atom. The smallest absolute Gasteiger partial charge is 0.168 e. The van der Waals surface area contributed by atoms with Gasteiger partial charge in [0.2, 0.25) is 0 Å². The second-order valence-corrected chi connectivity index (χ2v) is 8.69. The second kappa shape index (κ2) is 9.04. The first kappa shape index (κ1) is 18.7. The molecule has 1 saturated heterocycles. The Labute approximate surface area is 169 Å². The van der Waals surface area contributed by atoms with Crippen molar-refractivity contribution in [2.24, 2.45) is 0 Å². The number of thiazole rings is 1. The SMILES string of the molecule is CCCc1nc(CSc2ncc(-c3ccccc3)n2CC2CCCO2)cs1. The zero-order valence-corrected chi connectivity index (χ0v) is 17.3. The van der Waals surface area contributed by atoms with E-state index in [4.69, 9.17) is 14.7 Å². The standard InChI is InChI=1S/C21H25N3OS2/c1-2-7-20-23-17(14-26-20)15-27-21-22-12-19(16-8-4-3-5-9-16)24(21)13-18-10-6-11-25-18/h3-5,8-9,12,14,18H,2,6-7,10-11,13,15H2,1H3. The second-order valence-electron chi connectivity index (χ2n) is 6.81.